The fraction of sp³-hybridized carbons (Fsp3) is 0.583. The Labute approximate surface area is 913 Å². The molecule has 776 valence electrons. The Hall–Kier alpha value is -9.52. The van der Waals surface area contributed by atoms with Crippen LogP contribution >= 0.6 is 47.0 Å². The fourth-order valence-electron chi connectivity index (χ4n) is 15.0. The van der Waals surface area contributed by atoms with Gasteiger partial charge in [-0.2, -0.15) is 0 Å². The van der Waals surface area contributed by atoms with Crippen molar-refractivity contribution in [2.45, 2.75) is 298 Å². The van der Waals surface area contributed by atoms with Gasteiger partial charge in [-0.3, -0.25) is 0 Å². The van der Waals surface area contributed by atoms with E-state index in [0.717, 1.165) is 67.3 Å². The van der Waals surface area contributed by atoms with E-state index in [1.165, 1.54) is 6.92 Å². The van der Waals surface area contributed by atoms with Crippen molar-refractivity contribution < 1.29 is 166 Å². The van der Waals surface area contributed by atoms with Gasteiger partial charge in [-0.25, -0.2) is 76.2 Å². The highest BCUT2D eigenvalue weighted by Gasteiger charge is 2.51. The highest BCUT2D eigenvalue weighted by Crippen LogP contribution is 2.50. The summed E-state index contributed by atoms with van der Waals surface area (Å²) in [6, 6.07) is -25.4. The third-order valence-corrected chi connectivity index (χ3v) is 25.6. The summed E-state index contributed by atoms with van der Waals surface area (Å²) in [4.78, 5) is 33.7. The lowest BCUT2D eigenvalue weighted by molar-refractivity contribution is -0.0629. The molecule has 8 heterocycles. The average molecular weight is 2120 g/mol. The molecule has 48 heteroatoms. The van der Waals surface area contributed by atoms with Gasteiger partial charge in [-0.1, -0.05) is 144 Å². The second kappa shape index (κ2) is 47.3. The number of hydrogen-bond donors (Lipinski definition) is 16. The number of anilines is 4. The van der Waals surface area contributed by atoms with Crippen molar-refractivity contribution in [1.29, 1.82) is 0 Å². The third kappa shape index (κ3) is 23.8. The molecule has 0 spiro atoms. The molecule has 20 rings (SSSR count). The fourth-order valence-corrected chi connectivity index (χ4v) is 17.1. The van der Waals surface area contributed by atoms with Crippen molar-refractivity contribution in [3.05, 3.63) is 140 Å². The van der Waals surface area contributed by atoms with Crippen molar-refractivity contribution in [2.24, 2.45) is 0 Å². The number of nitrogens with one attached hydrogen (secondary N) is 4. The summed E-state index contributed by atoms with van der Waals surface area (Å²) in [6.45, 7) is -6.24. The van der Waals surface area contributed by atoms with Crippen LogP contribution in [0.2, 0.25) is 0 Å². The first-order chi connectivity index (χ1) is 88.3. The lowest BCUT2D eigenvalue weighted by atomic mass is 10.1. The molecule has 8 saturated carbocycles. The molecule has 12 aromatic rings. The summed E-state index contributed by atoms with van der Waals surface area (Å²) in [5.74, 6) is -15.2. The molecule has 8 aliphatic rings. The predicted octanol–water partition coefficient (Wildman–Crippen LogP) is 8.73. The molecule has 8 aromatic heterocycles. The second-order valence-electron chi connectivity index (χ2n) is 32.1. The smallest absolute Gasteiger partial charge is 0.191 e. The second-order valence-corrected chi connectivity index (χ2v) is 35.5. The molecule has 0 amide bonds. The van der Waals surface area contributed by atoms with Gasteiger partial charge in [0.25, 0.3) is 0 Å². The van der Waals surface area contributed by atoms with Crippen molar-refractivity contribution in [1.82, 2.24) is 99.8 Å². The molecular weight excluding hydrogens is 1950 g/mol. The van der Waals surface area contributed by atoms with Crippen LogP contribution < -0.4 is 21.3 Å². The summed E-state index contributed by atoms with van der Waals surface area (Å²) < 4.78 is 496. The Bertz CT molecular complexity index is 9130. The first kappa shape index (κ1) is 59.6. The third-order valence-electron chi connectivity index (χ3n) is 22.5. The number of hydrogen-bond acceptors (Lipinski definition) is 40. The van der Waals surface area contributed by atoms with Gasteiger partial charge in [0, 0.05) is 128 Å². The van der Waals surface area contributed by atoms with Crippen LogP contribution in [-0.2, 0) is 18.9 Å². The van der Waals surface area contributed by atoms with Gasteiger partial charge >= 0.3 is 0 Å². The molecule has 4 aromatic carbocycles. The van der Waals surface area contributed by atoms with E-state index in [0.29, 0.717) is 23.3 Å². The SMILES string of the molecule is [2H]c1c([2H])c([C@@H]2C[C@H]2Nc2nc(SCCC)nc3c2nnn3[C@]2([2H])C([2H])([2H])[C@]([2H])(OCCO)[C@@]([2H])(O)[C@@]2([2H])O)c([2H])c(F)c1C.[2H]c1c([2H])c([C@]2([2H])C([2H])([2H])[C@@]2([2H])Nc2nc(SC([2H])([2H])C([2H])([2H])C)nc3c2nnn3[C@@H]2C[C@H](OC([2H])([2H])C([2H])([2H])O)[C@@H](O)[C@H]2O)c([2H])c(F)c1C.[2H]c1c([2H])c([C@]2([2H])C([2H])([2H])[C@@]2([2H])Nc2nc(SC([2H])([2H])C([2H])([2H])C)nc3c2nnn3[C@@H]2C[C@H](OC([2H])([2H])CO)[C@@H](O)[C@H]2O)c([2H])c(F)c1C.[2H]c1c([2H])c([C@]2([2H])C([2H])([2H])[C@@]2([2H])Nc2nc(SC([2H])([2H])C([2H])([2H])C)nc3c2nnn3[C@@H]2C[C@H](OCC([2H])([2H])O)[C@@H](O)[C@H]2O)c([2H])c(F)c1C. The molecule has 40 nitrogen and oxygen atoms in total. The number of aromatic nitrogens is 20. The van der Waals surface area contributed by atoms with E-state index < -0.39 is 422 Å². The summed E-state index contributed by atoms with van der Waals surface area (Å²) in [5.41, 5.74) is -14.8. The maximum absolute atomic E-state index is 14.9. The highest BCUT2D eigenvalue weighted by atomic mass is 32.2. The minimum Gasteiger partial charge on any atom is -0.394 e. The predicted molar refractivity (Wildman–Crippen MR) is 530 cm³/mol. The Morgan fingerprint density at radius 3 is 1.15 bits per heavy atom. The maximum Gasteiger partial charge on any atom is 0.191 e. The van der Waals surface area contributed by atoms with E-state index >= 15 is 0 Å². The van der Waals surface area contributed by atoms with Crippen LogP contribution in [-0.4, -0.2) is 334 Å². The summed E-state index contributed by atoms with van der Waals surface area (Å²) in [6.07, 6.45) is -45.8. The lowest BCUT2D eigenvalue weighted by Gasteiger charge is -2.17. The lowest BCUT2D eigenvalue weighted by Crippen LogP contribution is -2.33. The van der Waals surface area contributed by atoms with Crippen LogP contribution in [0.25, 0.3) is 44.7 Å². The van der Waals surface area contributed by atoms with Gasteiger partial charge in [0.2, 0.25) is 0 Å². The molecular formula is C96H124F4N24O16S4. The van der Waals surface area contributed by atoms with Crippen molar-refractivity contribution in [3.63, 3.8) is 0 Å². The molecule has 0 unspecified atom stereocenters. The number of rotatable bonds is 40. The van der Waals surface area contributed by atoms with E-state index in [4.69, 9.17) is 87.5 Å². The Kier molecular flexibility index (Phi) is 19.6. The number of aliphatic hydroxyl groups is 12. The maximum atomic E-state index is 14.9. The molecule has 0 bridgehead atoms. The zero-order chi connectivity index (χ0) is 146. The summed E-state index contributed by atoms with van der Waals surface area (Å²) >= 11 is 1.67. The zero-order valence-electron chi connectivity index (χ0n) is 126. The first-order valence-corrected chi connectivity index (χ1v) is 46.9. The van der Waals surface area contributed by atoms with E-state index in [9.17, 15) is 78.8 Å². The number of ether oxygens (including phenoxy) is 4. The average Bonchev–Trinajstić information content (AvgIpc) is 1.46. The number of fused-ring (bicyclic) bond motifs is 4. The van der Waals surface area contributed by atoms with E-state index in [1.807, 2.05) is 6.92 Å². The van der Waals surface area contributed by atoms with Gasteiger partial charge in [0.05, 0.1) is 138 Å². The molecule has 0 aliphatic heterocycles. The van der Waals surface area contributed by atoms with Crippen LogP contribution in [0.3, 0.4) is 0 Å². The monoisotopic (exact) mass is 2120 g/mol. The van der Waals surface area contributed by atoms with Crippen LogP contribution in [0.4, 0.5) is 40.8 Å². The van der Waals surface area contributed by atoms with Crippen molar-refractivity contribution in [2.75, 3.05) is 96.8 Å². The first-order valence-electron chi connectivity index (χ1n) is 68.5. The van der Waals surface area contributed by atoms with E-state index in [2.05, 4.69) is 102 Å². The largest absolute Gasteiger partial charge is 0.394 e. The van der Waals surface area contributed by atoms with Crippen LogP contribution in [0.1, 0.15) is 265 Å². The Morgan fingerprint density at radius 1 is 0.410 bits per heavy atom. The normalized spacial score (nSPS) is 40.2. The standard InChI is InChI=1S/4C24H31FN6O4S/c4*1-3-8-36-24-27-22(26-16-10-14(16)13-5-4-12(2)15(25)9-13)19-23(28-24)31(30-29-19)17-11-18(35-7-6-32)21(34)20(17)33/h4*4-5,9,14,16-18,20-21,32-34H,3,6-8,10-11H2,1-2H3,(H,26,27,28)/t4*14-,16+,17+,18-,20-,21+/m0000/s1/i3D2,4D,5D,6D2,7D2,8D2,9D,10D2,14D,16D;3D2,4D,5D,7D2,8D2,9D,10D2,14D,16D;3D2,4D,5D,6D2,8D2,9D,10D2,14D,16D;4D,5D,9D,11D2,17D,18D,20D,21D. The Morgan fingerprint density at radius 2 is 0.771 bits per heavy atom. The number of nitrogens with zero attached hydrogens (tertiary/aromatic N) is 20. The van der Waals surface area contributed by atoms with Crippen molar-refractivity contribution >= 4 is 115 Å². The zero-order valence-corrected chi connectivity index (χ0v) is 79.5. The molecule has 16 N–H and O–H groups in total. The van der Waals surface area contributed by atoms with Gasteiger partial charge in [-0.15, -0.1) is 20.4 Å². The number of thioether (sulfide) groups is 4. The van der Waals surface area contributed by atoms with Crippen LogP contribution in [0.15, 0.2) is 93.1 Å². The van der Waals surface area contributed by atoms with Gasteiger partial charge in [0.15, 0.2) is 88.6 Å². The molecule has 8 aliphatic carbocycles. The molecule has 8 fully saturated rings. The number of benzene rings is 4. The minimum absolute atomic E-state index is 0.000393. The molecule has 0 saturated heterocycles. The molecule has 0 radical (unpaired) electrons. The number of halogens is 4. The van der Waals surface area contributed by atoms with E-state index in [1.54, 1.807) is 0 Å². The number of aliphatic hydroxyl groups excluding tert-OH is 8. The van der Waals surface area contributed by atoms with Crippen molar-refractivity contribution in [3.8, 4) is 0 Å². The topological polar surface area (TPSA) is 554 Å². The van der Waals surface area contributed by atoms with Crippen LogP contribution in [0.5, 0.6) is 0 Å². The van der Waals surface area contributed by atoms with Gasteiger partial charge in [-0.05, 0) is 147 Å². The van der Waals surface area contributed by atoms with Crippen LogP contribution in [0, 0.1) is 51.0 Å². The van der Waals surface area contributed by atoms with Gasteiger partial charge < -0.3 is 101 Å². The quantitative estimate of drug-likeness (QED) is 0.00969. The molecule has 144 heavy (non-hydrogen) atoms. The van der Waals surface area contributed by atoms with E-state index in [-0.39, 0.29) is 121 Å². The highest BCUT2D eigenvalue weighted by molar-refractivity contribution is 7.99. The summed E-state index contributed by atoms with van der Waals surface area (Å²) in [7, 11) is 0. The van der Waals surface area contributed by atoms with Gasteiger partial charge in [0.1, 0.15) is 72.1 Å². The summed E-state index contributed by atoms with van der Waals surface area (Å²) in [5, 5.41) is 164. The Balaban J connectivity index is 0.000000169. The minimum atomic E-state index is -3.82. The molecule has 24 atom stereocenters.